The minimum atomic E-state index is -0.295. The Morgan fingerprint density at radius 3 is 2.44 bits per heavy atom. The van der Waals surface area contributed by atoms with Crippen LogP contribution >= 0.6 is 15.9 Å². The van der Waals surface area contributed by atoms with Crippen molar-refractivity contribution in [2.45, 2.75) is 6.54 Å². The predicted molar refractivity (Wildman–Crippen MR) is 103 cm³/mol. The molecular formula is C19H17BrN4O. The van der Waals surface area contributed by atoms with Crippen molar-refractivity contribution < 1.29 is 4.79 Å². The van der Waals surface area contributed by atoms with Crippen LogP contribution in [0.15, 0.2) is 71.5 Å². The minimum absolute atomic E-state index is 0.271. The van der Waals surface area contributed by atoms with Gasteiger partial charge < -0.3 is 10.2 Å². The maximum atomic E-state index is 12.3. The van der Waals surface area contributed by atoms with E-state index in [-0.39, 0.29) is 11.6 Å². The summed E-state index contributed by atoms with van der Waals surface area (Å²) in [6.07, 6.45) is 3.10. The predicted octanol–water partition coefficient (Wildman–Crippen LogP) is 4.13. The Kier molecular flexibility index (Phi) is 5.40. The molecule has 0 radical (unpaired) electrons. The molecule has 5 nitrogen and oxygen atoms in total. The number of hydrogen-bond donors (Lipinski definition) is 1. The maximum absolute atomic E-state index is 12.3. The molecule has 6 heteroatoms. The molecule has 1 heterocycles. The van der Waals surface area contributed by atoms with Crippen LogP contribution in [0, 0.1) is 0 Å². The lowest BCUT2D eigenvalue weighted by Crippen LogP contribution is -2.19. The summed E-state index contributed by atoms with van der Waals surface area (Å²) in [5.74, 6) is 0.415. The van der Waals surface area contributed by atoms with E-state index in [1.807, 2.05) is 54.4 Å². The highest BCUT2D eigenvalue weighted by molar-refractivity contribution is 9.10. The monoisotopic (exact) mass is 396 g/mol. The van der Waals surface area contributed by atoms with E-state index in [0.29, 0.717) is 11.5 Å². The molecule has 0 saturated carbocycles. The number of para-hydroxylation sites is 1. The molecule has 0 atom stereocenters. The van der Waals surface area contributed by atoms with E-state index in [0.717, 1.165) is 11.0 Å². The summed E-state index contributed by atoms with van der Waals surface area (Å²) in [6.45, 7) is 0.720. The van der Waals surface area contributed by atoms with Crippen molar-refractivity contribution in [1.29, 1.82) is 0 Å². The number of benzene rings is 2. The number of carbonyl (C=O) groups is 1. The van der Waals surface area contributed by atoms with Crippen molar-refractivity contribution in [1.82, 2.24) is 9.97 Å². The number of rotatable bonds is 5. The molecule has 1 amide bonds. The quantitative estimate of drug-likeness (QED) is 0.704. The highest BCUT2D eigenvalue weighted by Gasteiger charge is 2.11. The first kappa shape index (κ1) is 17.1. The van der Waals surface area contributed by atoms with Gasteiger partial charge in [0.05, 0.1) is 18.1 Å². The molecule has 0 aliphatic heterocycles. The zero-order valence-corrected chi connectivity index (χ0v) is 15.3. The first-order valence-corrected chi connectivity index (χ1v) is 8.56. The van der Waals surface area contributed by atoms with Crippen molar-refractivity contribution >= 4 is 33.3 Å². The van der Waals surface area contributed by atoms with Crippen LogP contribution in [-0.2, 0) is 6.54 Å². The number of nitrogens with one attached hydrogen (secondary N) is 1. The van der Waals surface area contributed by atoms with Gasteiger partial charge in [0, 0.05) is 18.1 Å². The number of aromatic nitrogens is 2. The topological polar surface area (TPSA) is 58.1 Å². The van der Waals surface area contributed by atoms with Crippen LogP contribution in [0.4, 0.5) is 11.5 Å². The summed E-state index contributed by atoms with van der Waals surface area (Å²) in [4.78, 5) is 22.9. The second kappa shape index (κ2) is 7.90. The summed E-state index contributed by atoms with van der Waals surface area (Å²) in [5.41, 5.74) is 2.15. The van der Waals surface area contributed by atoms with E-state index >= 15 is 0 Å². The fraction of sp³-hybridized carbons (Fsp3) is 0.105. The van der Waals surface area contributed by atoms with Crippen LogP contribution in [0.2, 0.25) is 0 Å². The smallest absolute Gasteiger partial charge is 0.275 e. The van der Waals surface area contributed by atoms with Gasteiger partial charge in [0.2, 0.25) is 0 Å². The number of halogens is 1. The second-order valence-electron chi connectivity index (χ2n) is 5.54. The molecule has 0 fully saturated rings. The molecule has 0 unspecified atom stereocenters. The largest absolute Gasteiger partial charge is 0.354 e. The molecule has 25 heavy (non-hydrogen) atoms. The molecule has 0 aliphatic rings. The average molecular weight is 397 g/mol. The lowest BCUT2D eigenvalue weighted by molar-refractivity contribution is 0.102. The summed E-state index contributed by atoms with van der Waals surface area (Å²) in [6, 6.07) is 17.5. The van der Waals surface area contributed by atoms with Crippen molar-refractivity contribution in [3.8, 4) is 0 Å². The first-order chi connectivity index (χ1) is 12.1. The number of anilines is 2. The lowest BCUT2D eigenvalue weighted by Gasteiger charge is -2.17. The van der Waals surface area contributed by atoms with Gasteiger partial charge in [-0.25, -0.2) is 9.97 Å². The molecule has 1 aromatic heterocycles. The molecular weight excluding hydrogens is 380 g/mol. The summed E-state index contributed by atoms with van der Waals surface area (Å²) < 4.78 is 0.815. The van der Waals surface area contributed by atoms with Crippen LogP contribution in [0.5, 0.6) is 0 Å². The molecule has 3 aromatic rings. The van der Waals surface area contributed by atoms with Crippen LogP contribution in [0.1, 0.15) is 16.1 Å². The zero-order chi connectivity index (χ0) is 17.6. The molecule has 0 bridgehead atoms. The average Bonchev–Trinajstić information content (AvgIpc) is 2.64. The molecule has 0 spiro atoms. The number of nitrogens with zero attached hydrogens (tertiary/aromatic N) is 3. The normalized spacial score (nSPS) is 10.3. The van der Waals surface area contributed by atoms with Crippen molar-refractivity contribution in [2.75, 3.05) is 17.3 Å². The Morgan fingerprint density at radius 1 is 1.04 bits per heavy atom. The van der Waals surface area contributed by atoms with Gasteiger partial charge in [0.25, 0.3) is 5.91 Å². The van der Waals surface area contributed by atoms with E-state index in [2.05, 4.69) is 43.3 Å². The lowest BCUT2D eigenvalue weighted by atomic mass is 10.2. The van der Waals surface area contributed by atoms with E-state index in [9.17, 15) is 4.79 Å². The van der Waals surface area contributed by atoms with Gasteiger partial charge in [0.1, 0.15) is 11.5 Å². The summed E-state index contributed by atoms with van der Waals surface area (Å²) in [5, 5.41) is 2.81. The Morgan fingerprint density at radius 2 is 1.76 bits per heavy atom. The summed E-state index contributed by atoms with van der Waals surface area (Å²) in [7, 11) is 1.94. The van der Waals surface area contributed by atoms with Crippen molar-refractivity contribution in [2.24, 2.45) is 0 Å². The Hall–Kier alpha value is -2.73. The number of amides is 1. The summed E-state index contributed by atoms with van der Waals surface area (Å²) >= 11 is 3.40. The van der Waals surface area contributed by atoms with Crippen molar-refractivity contribution in [3.05, 3.63) is 82.7 Å². The van der Waals surface area contributed by atoms with Gasteiger partial charge in [0.15, 0.2) is 0 Å². The van der Waals surface area contributed by atoms with Gasteiger partial charge in [-0.1, -0.05) is 42.5 Å². The maximum Gasteiger partial charge on any atom is 0.275 e. The third kappa shape index (κ3) is 4.42. The fourth-order valence-electron chi connectivity index (χ4n) is 2.32. The third-order valence-electron chi connectivity index (χ3n) is 3.65. The zero-order valence-electron chi connectivity index (χ0n) is 13.7. The van der Waals surface area contributed by atoms with E-state index in [4.69, 9.17) is 0 Å². The Labute approximate surface area is 154 Å². The Bertz CT molecular complexity index is 853. The molecule has 0 aliphatic carbocycles. The minimum Gasteiger partial charge on any atom is -0.354 e. The number of hydrogen-bond acceptors (Lipinski definition) is 4. The molecule has 0 saturated heterocycles. The molecule has 126 valence electrons. The fourth-order valence-corrected chi connectivity index (χ4v) is 2.71. The van der Waals surface area contributed by atoms with Gasteiger partial charge in [-0.05, 0) is 33.6 Å². The Balaban J connectivity index is 1.67. The van der Waals surface area contributed by atoms with Gasteiger partial charge in [-0.15, -0.1) is 0 Å². The second-order valence-corrected chi connectivity index (χ2v) is 6.39. The van der Waals surface area contributed by atoms with Gasteiger partial charge >= 0.3 is 0 Å². The number of carbonyl (C=O) groups excluding carboxylic acids is 1. The standard InChI is InChI=1S/C19H17BrN4O/c1-24(13-14-7-3-2-4-8-14)18-12-21-17(11-22-18)19(25)23-16-10-6-5-9-15(16)20/h2-12H,13H2,1H3,(H,23,25). The van der Waals surface area contributed by atoms with Gasteiger partial charge in [-0.3, -0.25) is 4.79 Å². The van der Waals surface area contributed by atoms with Crippen LogP contribution in [0.3, 0.4) is 0 Å². The van der Waals surface area contributed by atoms with E-state index in [1.165, 1.54) is 11.8 Å². The highest BCUT2D eigenvalue weighted by Crippen LogP contribution is 2.21. The van der Waals surface area contributed by atoms with Crippen LogP contribution in [0.25, 0.3) is 0 Å². The highest BCUT2D eigenvalue weighted by atomic mass is 79.9. The SMILES string of the molecule is CN(Cc1ccccc1)c1cnc(C(=O)Nc2ccccc2Br)cn1. The van der Waals surface area contributed by atoms with Gasteiger partial charge in [-0.2, -0.15) is 0 Å². The van der Waals surface area contributed by atoms with Crippen LogP contribution < -0.4 is 10.2 Å². The first-order valence-electron chi connectivity index (χ1n) is 7.76. The molecule has 3 rings (SSSR count). The van der Waals surface area contributed by atoms with E-state index < -0.39 is 0 Å². The third-order valence-corrected chi connectivity index (χ3v) is 4.34. The van der Waals surface area contributed by atoms with Crippen LogP contribution in [-0.4, -0.2) is 22.9 Å². The van der Waals surface area contributed by atoms with Crippen molar-refractivity contribution in [3.63, 3.8) is 0 Å². The van der Waals surface area contributed by atoms with E-state index in [1.54, 1.807) is 6.20 Å². The molecule has 2 aromatic carbocycles. The molecule has 1 N–H and O–H groups in total.